The first-order valence-electron chi connectivity index (χ1n) is 9.65. The molecule has 0 unspecified atom stereocenters. The SMILES string of the molecule is CN(CC1(N2CCCCC2)CCCCC1)C(=O)CCc1nc(Cl)n[nH]1. The summed E-state index contributed by atoms with van der Waals surface area (Å²) >= 11 is 5.72. The van der Waals surface area contributed by atoms with Gasteiger partial charge in [-0.1, -0.05) is 25.7 Å². The van der Waals surface area contributed by atoms with Gasteiger partial charge in [-0.2, -0.15) is 0 Å². The molecule has 1 aliphatic carbocycles. The summed E-state index contributed by atoms with van der Waals surface area (Å²) in [5.41, 5.74) is 0.193. The van der Waals surface area contributed by atoms with E-state index in [0.717, 1.165) is 6.54 Å². The highest BCUT2D eigenvalue weighted by Gasteiger charge is 2.39. The van der Waals surface area contributed by atoms with Crippen molar-refractivity contribution in [3.05, 3.63) is 11.1 Å². The lowest BCUT2D eigenvalue weighted by molar-refractivity contribution is -0.132. The van der Waals surface area contributed by atoms with Gasteiger partial charge in [-0.15, -0.1) is 5.10 Å². The molecule has 7 heteroatoms. The molecule has 0 atom stereocenters. The number of hydrogen-bond acceptors (Lipinski definition) is 4. The van der Waals surface area contributed by atoms with Crippen LogP contribution in [0.1, 0.15) is 63.6 Å². The zero-order valence-corrected chi connectivity index (χ0v) is 16.0. The summed E-state index contributed by atoms with van der Waals surface area (Å²) in [4.78, 5) is 21.3. The lowest BCUT2D eigenvalue weighted by Gasteiger charge is -2.50. The second kappa shape index (κ2) is 8.49. The van der Waals surface area contributed by atoms with Gasteiger partial charge in [0, 0.05) is 32.0 Å². The molecule has 0 aromatic carbocycles. The predicted molar refractivity (Wildman–Crippen MR) is 98.6 cm³/mol. The number of aryl methyl sites for hydroxylation is 1. The Labute approximate surface area is 155 Å². The van der Waals surface area contributed by atoms with Gasteiger partial charge < -0.3 is 4.90 Å². The van der Waals surface area contributed by atoms with Gasteiger partial charge in [-0.05, 0) is 50.4 Å². The summed E-state index contributed by atoms with van der Waals surface area (Å²) in [6, 6.07) is 0. The van der Waals surface area contributed by atoms with Crippen LogP contribution >= 0.6 is 11.6 Å². The average Bonchev–Trinajstić information content (AvgIpc) is 3.06. The van der Waals surface area contributed by atoms with Crippen molar-refractivity contribution in [3.63, 3.8) is 0 Å². The summed E-state index contributed by atoms with van der Waals surface area (Å²) in [7, 11) is 1.95. The highest BCUT2D eigenvalue weighted by atomic mass is 35.5. The van der Waals surface area contributed by atoms with E-state index in [0.29, 0.717) is 18.7 Å². The monoisotopic (exact) mass is 367 g/mol. The molecule has 2 fully saturated rings. The largest absolute Gasteiger partial charge is 0.344 e. The van der Waals surface area contributed by atoms with Crippen LogP contribution < -0.4 is 0 Å². The van der Waals surface area contributed by atoms with Gasteiger partial charge in [0.15, 0.2) is 0 Å². The Morgan fingerprint density at radius 1 is 1.20 bits per heavy atom. The van der Waals surface area contributed by atoms with Crippen molar-refractivity contribution in [2.75, 3.05) is 26.7 Å². The van der Waals surface area contributed by atoms with Crippen molar-refractivity contribution in [1.82, 2.24) is 25.0 Å². The van der Waals surface area contributed by atoms with Crippen LogP contribution in [0.15, 0.2) is 0 Å². The van der Waals surface area contributed by atoms with Crippen LogP contribution in [0.3, 0.4) is 0 Å². The number of nitrogens with one attached hydrogen (secondary N) is 1. The number of aromatic amines is 1. The quantitative estimate of drug-likeness (QED) is 0.839. The molecule has 1 aromatic heterocycles. The van der Waals surface area contributed by atoms with Crippen LogP contribution in [0.5, 0.6) is 0 Å². The van der Waals surface area contributed by atoms with Crippen LogP contribution in [0, 0.1) is 0 Å². The predicted octanol–water partition coefficient (Wildman–Crippen LogP) is 3.04. The third-order valence-corrected chi connectivity index (χ3v) is 6.02. The molecule has 1 amide bonds. The third kappa shape index (κ3) is 4.73. The van der Waals surface area contributed by atoms with Crippen LogP contribution in [-0.4, -0.2) is 63.1 Å². The summed E-state index contributed by atoms with van der Waals surface area (Å²) in [6.45, 7) is 3.24. The van der Waals surface area contributed by atoms with E-state index in [2.05, 4.69) is 20.1 Å². The summed E-state index contributed by atoms with van der Waals surface area (Å²) in [6.07, 6.45) is 11.3. The minimum atomic E-state index is 0.175. The molecule has 6 nitrogen and oxygen atoms in total. The highest BCUT2D eigenvalue weighted by molar-refractivity contribution is 6.28. The summed E-state index contributed by atoms with van der Waals surface area (Å²) < 4.78 is 0. The second-order valence-electron chi connectivity index (χ2n) is 7.63. The van der Waals surface area contributed by atoms with Gasteiger partial charge in [0.05, 0.1) is 0 Å². The lowest BCUT2D eigenvalue weighted by atomic mass is 9.78. The Bertz CT molecular complexity index is 564. The van der Waals surface area contributed by atoms with E-state index in [-0.39, 0.29) is 16.7 Å². The zero-order chi connectivity index (χ0) is 17.7. The molecular weight excluding hydrogens is 338 g/mol. The normalized spacial score (nSPS) is 21.2. The lowest BCUT2D eigenvalue weighted by Crippen LogP contribution is -2.58. The number of amides is 1. The first-order valence-corrected chi connectivity index (χ1v) is 10.0. The van der Waals surface area contributed by atoms with Crippen LogP contribution in [0.4, 0.5) is 0 Å². The summed E-state index contributed by atoms with van der Waals surface area (Å²) in [5, 5.41) is 6.78. The number of halogens is 1. The maximum absolute atomic E-state index is 12.6. The number of aromatic nitrogens is 3. The third-order valence-electron chi connectivity index (χ3n) is 5.85. The van der Waals surface area contributed by atoms with E-state index in [9.17, 15) is 4.79 Å². The number of nitrogens with zero attached hydrogens (tertiary/aromatic N) is 4. The molecule has 3 rings (SSSR count). The Kier molecular flexibility index (Phi) is 6.34. The van der Waals surface area contributed by atoms with Gasteiger partial charge in [0.1, 0.15) is 5.82 Å². The van der Waals surface area contributed by atoms with E-state index >= 15 is 0 Å². The molecule has 0 radical (unpaired) electrons. The fourth-order valence-corrected chi connectivity index (χ4v) is 4.63. The number of rotatable bonds is 6. The van der Waals surface area contributed by atoms with Crippen LogP contribution in [0.2, 0.25) is 5.28 Å². The molecule has 1 aromatic rings. The average molecular weight is 368 g/mol. The van der Waals surface area contributed by atoms with E-state index in [1.165, 1.54) is 64.5 Å². The van der Waals surface area contributed by atoms with Crippen LogP contribution in [0.25, 0.3) is 0 Å². The topological polar surface area (TPSA) is 65.1 Å². The van der Waals surface area contributed by atoms with Crippen molar-refractivity contribution in [2.45, 2.75) is 69.7 Å². The zero-order valence-electron chi connectivity index (χ0n) is 15.3. The maximum Gasteiger partial charge on any atom is 0.242 e. The molecule has 1 saturated carbocycles. The molecule has 140 valence electrons. The number of likely N-dealkylation sites (N-methyl/N-ethyl adjacent to an activating group) is 1. The Hall–Kier alpha value is -1.14. The Morgan fingerprint density at radius 3 is 2.52 bits per heavy atom. The van der Waals surface area contributed by atoms with Crippen molar-refractivity contribution in [1.29, 1.82) is 0 Å². The molecule has 2 heterocycles. The molecular formula is C18H30ClN5O. The Morgan fingerprint density at radius 2 is 1.88 bits per heavy atom. The van der Waals surface area contributed by atoms with Gasteiger partial charge in [0.2, 0.25) is 11.2 Å². The van der Waals surface area contributed by atoms with E-state index in [4.69, 9.17) is 11.6 Å². The van der Waals surface area contributed by atoms with Crippen molar-refractivity contribution in [3.8, 4) is 0 Å². The highest BCUT2D eigenvalue weighted by Crippen LogP contribution is 2.36. The fraction of sp³-hybridized carbons (Fsp3) is 0.833. The van der Waals surface area contributed by atoms with Crippen molar-refractivity contribution >= 4 is 17.5 Å². The number of hydrogen-bond donors (Lipinski definition) is 1. The molecule has 1 N–H and O–H groups in total. The smallest absolute Gasteiger partial charge is 0.242 e. The first kappa shape index (κ1) is 18.6. The number of carbonyl (C=O) groups excluding carboxylic acids is 1. The van der Waals surface area contributed by atoms with Gasteiger partial charge in [-0.25, -0.2) is 4.98 Å². The molecule has 25 heavy (non-hydrogen) atoms. The van der Waals surface area contributed by atoms with Gasteiger partial charge in [-0.3, -0.25) is 14.8 Å². The minimum absolute atomic E-state index is 0.175. The maximum atomic E-state index is 12.6. The summed E-state index contributed by atoms with van der Waals surface area (Å²) in [5.74, 6) is 0.852. The molecule has 0 spiro atoms. The molecule has 2 aliphatic rings. The molecule has 1 saturated heterocycles. The number of piperidine rings is 1. The number of H-pyrrole nitrogens is 1. The van der Waals surface area contributed by atoms with E-state index < -0.39 is 0 Å². The van der Waals surface area contributed by atoms with Crippen LogP contribution in [-0.2, 0) is 11.2 Å². The standard InChI is InChI=1S/C18H30ClN5O/c1-23(16(25)9-8-15-20-17(19)22-21-15)14-18(10-4-2-5-11-18)24-12-6-3-7-13-24/h2-14H2,1H3,(H,20,21,22). The first-order chi connectivity index (χ1) is 12.1. The molecule has 1 aliphatic heterocycles. The minimum Gasteiger partial charge on any atom is -0.344 e. The van der Waals surface area contributed by atoms with Gasteiger partial charge in [0.25, 0.3) is 0 Å². The fourth-order valence-electron chi connectivity index (χ4n) is 4.48. The molecule has 0 bridgehead atoms. The Balaban J connectivity index is 1.58. The second-order valence-corrected chi connectivity index (χ2v) is 7.97. The van der Waals surface area contributed by atoms with E-state index in [1.54, 1.807) is 0 Å². The van der Waals surface area contributed by atoms with Gasteiger partial charge >= 0.3 is 0 Å². The number of likely N-dealkylation sites (tertiary alicyclic amines) is 1. The van der Waals surface area contributed by atoms with E-state index in [1.807, 2.05) is 11.9 Å². The number of carbonyl (C=O) groups is 1. The van der Waals surface area contributed by atoms with Crippen molar-refractivity contribution in [2.24, 2.45) is 0 Å². The van der Waals surface area contributed by atoms with Crippen molar-refractivity contribution < 1.29 is 4.79 Å².